The van der Waals surface area contributed by atoms with Gasteiger partial charge in [0, 0.05) is 16.8 Å². The Bertz CT molecular complexity index is 873. The van der Waals surface area contributed by atoms with E-state index in [2.05, 4.69) is 25.8 Å². The molecular weight excluding hydrogens is 508 g/mol. The monoisotopic (exact) mass is 547 g/mol. The maximum Gasteiger partial charge on any atom is 0.223 e. The zero-order chi connectivity index (χ0) is 25.8. The number of nitrogens with two attached hydrogens (primary N) is 1. The van der Waals surface area contributed by atoms with Gasteiger partial charge in [0.1, 0.15) is 6.29 Å². The van der Waals surface area contributed by atoms with E-state index >= 15 is 0 Å². The van der Waals surface area contributed by atoms with Crippen LogP contribution < -0.4 is 16.4 Å². The Morgan fingerprint density at radius 2 is 1.97 bits per heavy atom. The Morgan fingerprint density at radius 3 is 2.53 bits per heavy atom. The molecule has 0 aliphatic heterocycles. The molecule has 3 N–H and O–H groups in total. The lowest BCUT2D eigenvalue weighted by molar-refractivity contribution is -0.132. The van der Waals surface area contributed by atoms with Crippen LogP contribution in [0.2, 0.25) is 10.0 Å². The molecule has 2 saturated carbocycles. The van der Waals surface area contributed by atoms with Gasteiger partial charge in [-0.05, 0) is 103 Å². The van der Waals surface area contributed by atoms with Gasteiger partial charge in [0.05, 0.1) is 15.6 Å². The van der Waals surface area contributed by atoms with Crippen LogP contribution in [0.4, 0.5) is 0 Å². The van der Waals surface area contributed by atoms with Gasteiger partial charge in [-0.3, -0.25) is 4.79 Å². The zero-order valence-electron chi connectivity index (χ0n) is 21.4. The molecule has 6 unspecified atom stereocenters. The lowest BCUT2D eigenvalue weighted by atomic mass is 9.57. The van der Waals surface area contributed by atoms with Crippen molar-refractivity contribution >= 4 is 59.4 Å². The second-order valence-electron chi connectivity index (χ2n) is 10.6. The van der Waals surface area contributed by atoms with E-state index in [9.17, 15) is 9.59 Å². The number of carbonyl (C=O) groups is 2. The topological polar surface area (TPSA) is 75.4 Å². The minimum atomic E-state index is -0.555. The van der Waals surface area contributed by atoms with Crippen LogP contribution >= 0.6 is 41.9 Å². The summed E-state index contributed by atoms with van der Waals surface area (Å²) in [6.45, 7) is 10.3. The normalized spacial score (nSPS) is 29.7. The molecule has 2 aliphatic carbocycles. The highest BCUT2D eigenvalue weighted by molar-refractivity contribution is 8.56. The number of hydrogen-bond acceptors (Lipinski definition) is 5. The van der Waals surface area contributed by atoms with Crippen molar-refractivity contribution < 1.29 is 9.59 Å². The van der Waals surface area contributed by atoms with Gasteiger partial charge < -0.3 is 15.8 Å². The van der Waals surface area contributed by atoms with Gasteiger partial charge in [-0.2, -0.15) is 0 Å². The average molecular weight is 549 g/mol. The molecule has 2 fully saturated rings. The predicted octanol–water partition coefficient (Wildman–Crippen LogP) is 5.73. The van der Waals surface area contributed by atoms with Crippen molar-refractivity contribution in [3.8, 4) is 0 Å². The van der Waals surface area contributed by atoms with Gasteiger partial charge in [-0.15, -0.1) is 0 Å². The van der Waals surface area contributed by atoms with E-state index in [0.29, 0.717) is 27.9 Å². The number of halogens is 2. The average Bonchev–Trinajstić information content (AvgIpc) is 2.75. The maximum absolute atomic E-state index is 11.6. The number of rotatable bonds is 7. The minimum absolute atomic E-state index is 0.105. The number of nitrogens with zero attached hydrogens (tertiary/aromatic N) is 1. The van der Waals surface area contributed by atoms with Crippen molar-refractivity contribution in [2.75, 3.05) is 20.8 Å². The first kappa shape index (κ1) is 29.9. The highest BCUT2D eigenvalue weighted by atomic mass is 35.5. The number of primary amides is 1. The van der Waals surface area contributed by atoms with E-state index in [0.717, 1.165) is 30.4 Å². The van der Waals surface area contributed by atoms with Crippen molar-refractivity contribution in [1.29, 1.82) is 0 Å². The summed E-state index contributed by atoms with van der Waals surface area (Å²) in [4.78, 5) is 22.6. The third-order valence-corrected chi connectivity index (χ3v) is 12.5. The molecular formula is C25H40Cl2N3O2PS. The molecule has 0 spiro atoms. The Hall–Kier alpha value is -0.360. The summed E-state index contributed by atoms with van der Waals surface area (Å²) in [6.07, 6.45) is 5.43. The smallest absolute Gasteiger partial charge is 0.223 e. The quantitative estimate of drug-likeness (QED) is 0.259. The third-order valence-electron chi connectivity index (χ3n) is 7.46. The lowest BCUT2D eigenvalue weighted by Gasteiger charge is -2.49. The second kappa shape index (κ2) is 12.3. The van der Waals surface area contributed by atoms with E-state index in [-0.39, 0.29) is 11.3 Å². The molecule has 5 nitrogen and oxygen atoms in total. The summed E-state index contributed by atoms with van der Waals surface area (Å²) < 4.78 is 1.96. The van der Waals surface area contributed by atoms with E-state index in [1.54, 1.807) is 17.6 Å². The van der Waals surface area contributed by atoms with Crippen LogP contribution in [0, 0.1) is 23.2 Å². The van der Waals surface area contributed by atoms with Crippen LogP contribution in [0.25, 0.3) is 0 Å². The standard InChI is InChI=1S/C13H24N2O.C12H16Cl2NOPS/c1-8-4-9-5-10(11(8)15-3)7-13(2,6-9)12(14)16;1-12(2,8-16)15(3)18-17(4)10-7-5-6-9(13)11(10)14/h8-11,15H,4-7H2,1-3H3,(H2,14,16);5-8H,1-4H3. The predicted molar refractivity (Wildman–Crippen MR) is 149 cm³/mol. The molecule has 6 atom stereocenters. The van der Waals surface area contributed by atoms with Crippen molar-refractivity contribution in [2.45, 2.75) is 65.0 Å². The van der Waals surface area contributed by atoms with Gasteiger partial charge in [0.25, 0.3) is 0 Å². The molecule has 9 heteroatoms. The summed E-state index contributed by atoms with van der Waals surface area (Å²) in [5, 5.41) is 5.65. The number of amides is 1. The number of aldehydes is 1. The van der Waals surface area contributed by atoms with Gasteiger partial charge in [0.2, 0.25) is 5.91 Å². The fraction of sp³-hybridized carbons (Fsp3) is 0.680. The van der Waals surface area contributed by atoms with E-state index in [1.165, 1.54) is 12.8 Å². The maximum atomic E-state index is 11.6. The number of hydrogen-bond donors (Lipinski definition) is 2. The molecule has 1 aromatic carbocycles. The molecule has 2 bridgehead atoms. The first-order chi connectivity index (χ1) is 15.8. The Labute approximate surface area is 220 Å². The van der Waals surface area contributed by atoms with Crippen molar-refractivity contribution in [2.24, 2.45) is 28.9 Å². The van der Waals surface area contributed by atoms with E-state index in [1.807, 2.05) is 44.4 Å². The molecule has 0 aromatic heterocycles. The first-order valence-corrected chi connectivity index (χ1v) is 15.7. The van der Waals surface area contributed by atoms with Crippen molar-refractivity contribution in [1.82, 2.24) is 9.62 Å². The van der Waals surface area contributed by atoms with Crippen LogP contribution in [-0.2, 0) is 9.59 Å². The molecule has 0 saturated heterocycles. The minimum Gasteiger partial charge on any atom is -0.369 e. The SMILES string of the molecule is CN(SP(C)c1cccc(Cl)c1Cl)C(C)(C)C=O.CNC1C(C)CC2CC1CC(C)(C(N)=O)C2. The summed E-state index contributed by atoms with van der Waals surface area (Å²) in [5.74, 6) is 1.96. The third kappa shape index (κ3) is 7.11. The van der Waals surface area contributed by atoms with E-state index in [4.69, 9.17) is 28.9 Å². The molecule has 0 radical (unpaired) electrons. The molecule has 192 valence electrons. The highest BCUT2D eigenvalue weighted by Crippen LogP contribution is 2.51. The highest BCUT2D eigenvalue weighted by Gasteiger charge is 2.47. The van der Waals surface area contributed by atoms with Gasteiger partial charge in [-0.25, -0.2) is 4.31 Å². The van der Waals surface area contributed by atoms with Crippen LogP contribution in [0.5, 0.6) is 0 Å². The first-order valence-electron chi connectivity index (χ1n) is 11.8. The van der Waals surface area contributed by atoms with Gasteiger partial charge in [-0.1, -0.05) is 49.2 Å². The molecule has 1 amide bonds. The number of carbonyl (C=O) groups excluding carboxylic acids is 2. The van der Waals surface area contributed by atoms with Crippen LogP contribution in [0.1, 0.15) is 53.4 Å². The number of nitrogens with one attached hydrogen (secondary N) is 1. The molecule has 2 aliphatic rings. The Morgan fingerprint density at radius 1 is 1.32 bits per heavy atom. The summed E-state index contributed by atoms with van der Waals surface area (Å²) in [6, 6.07) is 6.22. The largest absolute Gasteiger partial charge is 0.369 e. The fourth-order valence-corrected chi connectivity index (χ4v) is 10.1. The molecule has 3 rings (SSSR count). The number of fused-ring (bicyclic) bond motifs is 2. The summed E-state index contributed by atoms with van der Waals surface area (Å²) >= 11 is 13.8. The lowest BCUT2D eigenvalue weighted by Crippen LogP contribution is -2.52. The van der Waals surface area contributed by atoms with Crippen LogP contribution in [0.15, 0.2) is 18.2 Å². The zero-order valence-corrected chi connectivity index (χ0v) is 24.6. The van der Waals surface area contributed by atoms with Gasteiger partial charge >= 0.3 is 0 Å². The van der Waals surface area contributed by atoms with Crippen molar-refractivity contribution in [3.05, 3.63) is 28.2 Å². The Kier molecular flexibility index (Phi) is 10.8. The van der Waals surface area contributed by atoms with Crippen LogP contribution in [-0.4, -0.2) is 48.8 Å². The summed E-state index contributed by atoms with van der Waals surface area (Å²) in [7, 11) is 3.40. The van der Waals surface area contributed by atoms with Crippen LogP contribution in [0.3, 0.4) is 0 Å². The molecule has 0 heterocycles. The Balaban J connectivity index is 0.000000241. The van der Waals surface area contributed by atoms with Crippen molar-refractivity contribution in [3.63, 3.8) is 0 Å². The van der Waals surface area contributed by atoms with Gasteiger partial charge in [0.15, 0.2) is 0 Å². The summed E-state index contributed by atoms with van der Waals surface area (Å²) in [5.41, 5.74) is 4.81. The fourth-order valence-electron chi connectivity index (χ4n) is 5.35. The number of likely N-dealkylation sites (N-methyl/N-ethyl adjacent to an activating group) is 1. The molecule has 34 heavy (non-hydrogen) atoms. The molecule has 1 aromatic rings. The second-order valence-corrected chi connectivity index (χ2v) is 15.7. The number of benzene rings is 1. The van der Waals surface area contributed by atoms with E-state index < -0.39 is 12.7 Å².